The molecule has 0 aromatic heterocycles. The van der Waals surface area contributed by atoms with Gasteiger partial charge in [0, 0.05) is 10.9 Å². The first kappa shape index (κ1) is 15.0. The van der Waals surface area contributed by atoms with Gasteiger partial charge in [-0.1, -0.05) is 22.0 Å². The maximum Gasteiger partial charge on any atom is 0.461 e. The van der Waals surface area contributed by atoms with E-state index in [-0.39, 0.29) is 4.47 Å². The van der Waals surface area contributed by atoms with Crippen molar-refractivity contribution in [2.75, 3.05) is 0 Å². The number of carbonyl (C=O) groups excluding carboxylic acids is 1. The average molecular weight is 335 g/mol. The highest BCUT2D eigenvalue weighted by Gasteiger charge is 2.62. The van der Waals surface area contributed by atoms with E-state index in [1.807, 2.05) is 0 Å². The van der Waals surface area contributed by atoms with E-state index in [1.165, 1.54) is 6.07 Å². The van der Waals surface area contributed by atoms with Crippen LogP contribution in [0.25, 0.3) is 0 Å². The highest BCUT2D eigenvalue weighted by Crippen LogP contribution is 2.37. The van der Waals surface area contributed by atoms with Gasteiger partial charge >= 0.3 is 12.1 Å². The lowest BCUT2D eigenvalue weighted by molar-refractivity contribution is -0.268. The van der Waals surface area contributed by atoms with Gasteiger partial charge in [0.2, 0.25) is 5.78 Å². The zero-order chi connectivity index (χ0) is 14.1. The number of ketones is 1. The van der Waals surface area contributed by atoms with E-state index in [4.69, 9.17) is 0 Å². The smallest absolute Gasteiger partial charge is 0.292 e. The Balaban J connectivity index is 2.95. The lowest BCUT2D eigenvalue weighted by Gasteiger charge is -2.18. The molecule has 0 atom stereocenters. The highest BCUT2D eigenvalue weighted by atomic mass is 79.9. The summed E-state index contributed by atoms with van der Waals surface area (Å²) in [4.78, 5) is 10.9. The first-order chi connectivity index (χ1) is 8.05. The van der Waals surface area contributed by atoms with Gasteiger partial charge in [0.15, 0.2) is 0 Å². The first-order valence-electron chi connectivity index (χ1n) is 4.47. The van der Waals surface area contributed by atoms with Crippen LogP contribution in [0.5, 0.6) is 0 Å². The van der Waals surface area contributed by atoms with Crippen molar-refractivity contribution in [1.29, 1.82) is 0 Å². The molecular weight excluding hydrogens is 330 g/mol. The van der Waals surface area contributed by atoms with E-state index in [1.54, 1.807) is 0 Å². The molecular formula is C10H5BrF6O. The van der Waals surface area contributed by atoms with E-state index >= 15 is 0 Å². The fourth-order valence-electron chi connectivity index (χ4n) is 1.11. The molecule has 0 aliphatic carbocycles. The van der Waals surface area contributed by atoms with Gasteiger partial charge in [-0.25, -0.2) is 4.39 Å². The van der Waals surface area contributed by atoms with Crippen LogP contribution in [0.1, 0.15) is 5.56 Å². The summed E-state index contributed by atoms with van der Waals surface area (Å²) in [6.07, 6.45) is -7.30. The third-order valence-corrected chi connectivity index (χ3v) is 2.57. The molecule has 0 saturated carbocycles. The topological polar surface area (TPSA) is 17.1 Å². The molecule has 0 spiro atoms. The van der Waals surface area contributed by atoms with E-state index in [2.05, 4.69) is 15.9 Å². The van der Waals surface area contributed by atoms with Crippen LogP contribution >= 0.6 is 15.9 Å². The zero-order valence-electron chi connectivity index (χ0n) is 8.49. The van der Waals surface area contributed by atoms with E-state index in [0.717, 1.165) is 12.1 Å². The zero-order valence-corrected chi connectivity index (χ0v) is 10.1. The van der Waals surface area contributed by atoms with Crippen molar-refractivity contribution in [3.05, 3.63) is 34.1 Å². The predicted octanol–water partition coefficient (Wildman–Crippen LogP) is 3.90. The van der Waals surface area contributed by atoms with Gasteiger partial charge in [-0.15, -0.1) is 0 Å². The molecule has 0 radical (unpaired) electrons. The van der Waals surface area contributed by atoms with Crippen LogP contribution in [0, 0.1) is 5.82 Å². The molecule has 0 fully saturated rings. The van der Waals surface area contributed by atoms with Gasteiger partial charge in [0.25, 0.3) is 0 Å². The molecule has 1 aromatic rings. The van der Waals surface area contributed by atoms with Gasteiger partial charge in [0.05, 0.1) is 0 Å². The molecule has 1 aromatic carbocycles. The minimum atomic E-state index is -5.98. The summed E-state index contributed by atoms with van der Waals surface area (Å²) in [7, 11) is 0. The van der Waals surface area contributed by atoms with Crippen molar-refractivity contribution < 1.29 is 31.1 Å². The molecule has 1 nitrogen and oxygen atoms in total. The molecule has 0 heterocycles. The lowest BCUT2D eigenvalue weighted by atomic mass is 10.0. The van der Waals surface area contributed by atoms with Crippen LogP contribution in [0.4, 0.5) is 26.3 Å². The van der Waals surface area contributed by atoms with Crippen LogP contribution in [-0.2, 0) is 11.2 Å². The Morgan fingerprint density at radius 2 is 1.72 bits per heavy atom. The summed E-state index contributed by atoms with van der Waals surface area (Å²) in [5, 5.41) is 0. The number of rotatable bonds is 3. The van der Waals surface area contributed by atoms with E-state index in [0.29, 0.717) is 0 Å². The van der Waals surface area contributed by atoms with E-state index < -0.39 is 35.7 Å². The summed E-state index contributed by atoms with van der Waals surface area (Å²) >= 11 is 2.88. The fraction of sp³-hybridized carbons (Fsp3) is 0.300. The number of carbonyl (C=O) groups is 1. The summed E-state index contributed by atoms with van der Waals surface area (Å²) < 4.78 is 74.3. The van der Waals surface area contributed by atoms with Crippen molar-refractivity contribution in [3.8, 4) is 0 Å². The molecule has 0 bridgehead atoms. The van der Waals surface area contributed by atoms with Crippen molar-refractivity contribution >= 4 is 21.7 Å². The van der Waals surface area contributed by atoms with Crippen LogP contribution in [0.2, 0.25) is 0 Å². The van der Waals surface area contributed by atoms with Gasteiger partial charge in [-0.2, -0.15) is 22.0 Å². The van der Waals surface area contributed by atoms with Crippen LogP contribution in [0.15, 0.2) is 22.7 Å². The normalized spacial score (nSPS) is 12.6. The second-order valence-electron chi connectivity index (χ2n) is 3.41. The van der Waals surface area contributed by atoms with Crippen molar-refractivity contribution in [2.45, 2.75) is 18.5 Å². The minimum Gasteiger partial charge on any atom is -0.292 e. The van der Waals surface area contributed by atoms with E-state index in [9.17, 15) is 31.1 Å². The van der Waals surface area contributed by atoms with Crippen LogP contribution in [0.3, 0.4) is 0 Å². The second-order valence-corrected chi connectivity index (χ2v) is 4.32. The molecule has 0 amide bonds. The molecule has 0 unspecified atom stereocenters. The number of hydrogen-bond acceptors (Lipinski definition) is 1. The van der Waals surface area contributed by atoms with Gasteiger partial charge in [-0.3, -0.25) is 4.79 Å². The van der Waals surface area contributed by atoms with Crippen LogP contribution < -0.4 is 0 Å². The molecule has 0 saturated heterocycles. The summed E-state index contributed by atoms with van der Waals surface area (Å²) in [5.74, 6) is -8.90. The lowest BCUT2D eigenvalue weighted by Crippen LogP contribution is -2.44. The Bertz CT molecular complexity index is 468. The summed E-state index contributed by atoms with van der Waals surface area (Å²) in [5.41, 5.74) is -0.521. The summed E-state index contributed by atoms with van der Waals surface area (Å²) in [6.45, 7) is 0. The van der Waals surface area contributed by atoms with Crippen molar-refractivity contribution in [1.82, 2.24) is 0 Å². The SMILES string of the molecule is O=C(Cc1ccc(Br)cc1F)C(F)(F)C(F)(F)F. The molecule has 1 rings (SSSR count). The minimum absolute atomic E-state index is 0.277. The largest absolute Gasteiger partial charge is 0.461 e. The Labute approximate surface area is 106 Å². The fourth-order valence-corrected chi connectivity index (χ4v) is 1.44. The quantitative estimate of drug-likeness (QED) is 0.766. The maximum atomic E-state index is 13.2. The number of alkyl halides is 5. The molecule has 18 heavy (non-hydrogen) atoms. The van der Waals surface area contributed by atoms with Gasteiger partial charge in [0.1, 0.15) is 5.82 Å². The van der Waals surface area contributed by atoms with Gasteiger partial charge in [-0.05, 0) is 17.7 Å². The average Bonchev–Trinajstić information content (AvgIpc) is 2.20. The number of benzene rings is 1. The number of hydrogen-bond donors (Lipinski definition) is 0. The number of halogens is 7. The molecule has 100 valence electrons. The Morgan fingerprint density at radius 3 is 2.17 bits per heavy atom. The second kappa shape index (κ2) is 4.91. The predicted molar refractivity (Wildman–Crippen MR) is 53.8 cm³/mol. The monoisotopic (exact) mass is 334 g/mol. The maximum absolute atomic E-state index is 13.2. The highest BCUT2D eigenvalue weighted by molar-refractivity contribution is 9.10. The standard InChI is InChI=1S/C10H5BrF6O/c11-6-2-1-5(7(12)4-6)3-8(18)9(13,14)10(15,16)17/h1-2,4H,3H2. The Morgan fingerprint density at radius 1 is 1.17 bits per heavy atom. The third kappa shape index (κ3) is 3.04. The van der Waals surface area contributed by atoms with Crippen molar-refractivity contribution in [2.24, 2.45) is 0 Å². The molecule has 0 aliphatic rings. The molecule has 0 N–H and O–H groups in total. The Kier molecular flexibility index (Phi) is 4.09. The Hall–Kier alpha value is -1.05. The number of Topliss-reactive ketones (excluding diaryl/α,β-unsaturated/α-hetero) is 1. The summed E-state index contributed by atoms with van der Waals surface area (Å²) in [6, 6.07) is 3.07. The van der Waals surface area contributed by atoms with Crippen LogP contribution in [-0.4, -0.2) is 17.9 Å². The van der Waals surface area contributed by atoms with Crippen molar-refractivity contribution in [3.63, 3.8) is 0 Å². The molecule has 8 heteroatoms. The third-order valence-electron chi connectivity index (χ3n) is 2.07. The molecule has 0 aliphatic heterocycles. The van der Waals surface area contributed by atoms with Gasteiger partial charge < -0.3 is 0 Å². The first-order valence-corrected chi connectivity index (χ1v) is 5.27.